The SMILES string of the molecule is NC(=S)C1(c2ccccc2)CCN(Cc2ccc(F)cc2)C(=O)C1. The fourth-order valence-corrected chi connectivity index (χ4v) is 3.53. The third-order valence-corrected chi connectivity index (χ3v) is 5.09. The number of nitrogens with zero attached hydrogens (tertiary/aromatic N) is 1. The number of nitrogens with two attached hydrogens (primary N) is 1. The topological polar surface area (TPSA) is 46.3 Å². The molecule has 3 nitrogen and oxygen atoms in total. The first kappa shape index (κ1) is 16.6. The van der Waals surface area contributed by atoms with Crippen LogP contribution in [0.4, 0.5) is 4.39 Å². The van der Waals surface area contributed by atoms with Crippen LogP contribution in [0.3, 0.4) is 0 Å². The van der Waals surface area contributed by atoms with Crippen LogP contribution < -0.4 is 5.73 Å². The summed E-state index contributed by atoms with van der Waals surface area (Å²) >= 11 is 5.31. The number of hydrogen-bond donors (Lipinski definition) is 1. The molecule has 1 amide bonds. The summed E-state index contributed by atoms with van der Waals surface area (Å²) in [6, 6.07) is 16.0. The fourth-order valence-electron chi connectivity index (χ4n) is 3.24. The molecule has 124 valence electrons. The maximum Gasteiger partial charge on any atom is 0.224 e. The number of carbonyl (C=O) groups excluding carboxylic acids is 1. The summed E-state index contributed by atoms with van der Waals surface area (Å²) in [7, 11) is 0. The van der Waals surface area contributed by atoms with E-state index in [0.717, 1.165) is 11.1 Å². The molecular formula is C19H19FN2OS. The summed E-state index contributed by atoms with van der Waals surface area (Å²) in [6.45, 7) is 1.05. The zero-order valence-corrected chi connectivity index (χ0v) is 14.1. The molecule has 2 aromatic carbocycles. The number of rotatable bonds is 4. The van der Waals surface area contributed by atoms with E-state index in [1.165, 1.54) is 12.1 Å². The van der Waals surface area contributed by atoms with Crippen LogP contribution in [0.5, 0.6) is 0 Å². The van der Waals surface area contributed by atoms with Crippen molar-refractivity contribution in [3.05, 3.63) is 71.5 Å². The molecule has 0 aliphatic carbocycles. The van der Waals surface area contributed by atoms with Crippen LogP contribution >= 0.6 is 12.2 Å². The Hall–Kier alpha value is -2.27. The highest BCUT2D eigenvalue weighted by Crippen LogP contribution is 2.37. The largest absolute Gasteiger partial charge is 0.393 e. The minimum Gasteiger partial charge on any atom is -0.393 e. The summed E-state index contributed by atoms with van der Waals surface area (Å²) in [6.07, 6.45) is 0.965. The van der Waals surface area contributed by atoms with E-state index in [1.54, 1.807) is 17.0 Å². The van der Waals surface area contributed by atoms with Gasteiger partial charge in [-0.3, -0.25) is 4.79 Å². The first-order valence-electron chi connectivity index (χ1n) is 7.89. The number of carbonyl (C=O) groups is 1. The van der Waals surface area contributed by atoms with Gasteiger partial charge < -0.3 is 10.6 Å². The first-order chi connectivity index (χ1) is 11.5. The van der Waals surface area contributed by atoms with Crippen LogP contribution in [0.2, 0.25) is 0 Å². The second-order valence-electron chi connectivity index (χ2n) is 6.18. The minimum atomic E-state index is -0.576. The highest BCUT2D eigenvalue weighted by atomic mass is 32.1. The Labute approximate surface area is 146 Å². The summed E-state index contributed by atoms with van der Waals surface area (Å²) in [5, 5.41) is 0. The molecule has 1 aliphatic rings. The zero-order chi connectivity index (χ0) is 17.2. The standard InChI is InChI=1S/C19H19FN2OS/c20-16-8-6-14(7-9-16)13-22-11-10-19(18(21)24,12-17(22)23)15-4-2-1-3-5-15/h1-9H,10-13H2,(H2,21,24). The van der Waals surface area contributed by atoms with Gasteiger partial charge in [-0.05, 0) is 29.7 Å². The van der Waals surface area contributed by atoms with Crippen molar-refractivity contribution < 1.29 is 9.18 Å². The number of likely N-dealkylation sites (tertiary alicyclic amines) is 1. The summed E-state index contributed by atoms with van der Waals surface area (Å²) in [5.74, 6) is -0.262. The van der Waals surface area contributed by atoms with Gasteiger partial charge in [-0.2, -0.15) is 0 Å². The minimum absolute atomic E-state index is 0.0160. The zero-order valence-electron chi connectivity index (χ0n) is 13.2. The molecule has 1 atom stereocenters. The molecule has 1 saturated heterocycles. The Bertz CT molecular complexity index is 748. The number of piperidine rings is 1. The van der Waals surface area contributed by atoms with Crippen molar-refractivity contribution in [2.45, 2.75) is 24.8 Å². The third kappa shape index (κ3) is 3.17. The van der Waals surface area contributed by atoms with Crippen LogP contribution in [-0.4, -0.2) is 22.3 Å². The van der Waals surface area contributed by atoms with E-state index < -0.39 is 5.41 Å². The summed E-state index contributed by atoms with van der Waals surface area (Å²) in [5.41, 5.74) is 7.36. The molecule has 2 N–H and O–H groups in total. The molecule has 2 aromatic rings. The Kier molecular flexibility index (Phi) is 4.62. The van der Waals surface area contributed by atoms with Crippen molar-refractivity contribution >= 4 is 23.1 Å². The van der Waals surface area contributed by atoms with Crippen LogP contribution in [0.1, 0.15) is 24.0 Å². The van der Waals surface area contributed by atoms with Crippen molar-refractivity contribution in [2.75, 3.05) is 6.54 Å². The Balaban J connectivity index is 1.79. The maximum absolute atomic E-state index is 13.0. The van der Waals surface area contributed by atoms with Crippen molar-refractivity contribution in [1.29, 1.82) is 0 Å². The lowest BCUT2D eigenvalue weighted by Gasteiger charge is -2.41. The number of thiocarbonyl (C=S) groups is 1. The quantitative estimate of drug-likeness (QED) is 0.868. The van der Waals surface area contributed by atoms with Gasteiger partial charge in [0, 0.05) is 19.5 Å². The predicted octanol–water partition coefficient (Wildman–Crippen LogP) is 3.17. The van der Waals surface area contributed by atoms with Gasteiger partial charge in [0.2, 0.25) is 5.91 Å². The monoisotopic (exact) mass is 342 g/mol. The predicted molar refractivity (Wildman–Crippen MR) is 96.0 cm³/mol. The van der Waals surface area contributed by atoms with Crippen LogP contribution in [0.25, 0.3) is 0 Å². The third-order valence-electron chi connectivity index (χ3n) is 4.70. The van der Waals surface area contributed by atoms with Gasteiger partial charge in [0.25, 0.3) is 0 Å². The number of hydrogen-bond acceptors (Lipinski definition) is 2. The van der Waals surface area contributed by atoms with Crippen LogP contribution in [0.15, 0.2) is 54.6 Å². The molecule has 1 heterocycles. The smallest absolute Gasteiger partial charge is 0.224 e. The van der Waals surface area contributed by atoms with E-state index in [2.05, 4.69) is 0 Å². The van der Waals surface area contributed by atoms with Gasteiger partial charge in [0.1, 0.15) is 5.82 Å². The maximum atomic E-state index is 13.0. The molecule has 1 unspecified atom stereocenters. The number of amides is 1. The van der Waals surface area contributed by atoms with Crippen molar-refractivity contribution in [1.82, 2.24) is 4.90 Å². The molecule has 1 aliphatic heterocycles. The van der Waals surface area contributed by atoms with E-state index in [-0.39, 0.29) is 18.1 Å². The molecule has 0 saturated carbocycles. The molecule has 0 radical (unpaired) electrons. The van der Waals surface area contributed by atoms with E-state index in [0.29, 0.717) is 24.5 Å². The fraction of sp³-hybridized carbons (Fsp3) is 0.263. The molecule has 0 aromatic heterocycles. The van der Waals surface area contributed by atoms with Gasteiger partial charge >= 0.3 is 0 Å². The van der Waals surface area contributed by atoms with Crippen LogP contribution in [0, 0.1) is 5.82 Å². The molecule has 5 heteroatoms. The van der Waals surface area contributed by atoms with E-state index in [1.807, 2.05) is 30.3 Å². The summed E-state index contributed by atoms with van der Waals surface area (Å²) in [4.78, 5) is 14.8. The second kappa shape index (κ2) is 6.69. The lowest BCUT2D eigenvalue weighted by molar-refractivity contribution is -0.135. The van der Waals surface area contributed by atoms with E-state index in [4.69, 9.17) is 18.0 Å². The van der Waals surface area contributed by atoms with Crippen molar-refractivity contribution in [3.8, 4) is 0 Å². The van der Waals surface area contributed by atoms with E-state index >= 15 is 0 Å². The lowest BCUT2D eigenvalue weighted by atomic mass is 9.72. The first-order valence-corrected chi connectivity index (χ1v) is 8.30. The highest BCUT2D eigenvalue weighted by molar-refractivity contribution is 7.80. The Morgan fingerprint density at radius 2 is 1.83 bits per heavy atom. The molecule has 1 fully saturated rings. The second-order valence-corrected chi connectivity index (χ2v) is 6.62. The Morgan fingerprint density at radius 3 is 2.42 bits per heavy atom. The average molecular weight is 342 g/mol. The van der Waals surface area contributed by atoms with E-state index in [9.17, 15) is 9.18 Å². The van der Waals surface area contributed by atoms with Gasteiger partial charge in [-0.1, -0.05) is 54.7 Å². The molecular weight excluding hydrogens is 323 g/mol. The number of halogens is 1. The number of benzene rings is 2. The molecule has 3 rings (SSSR count). The van der Waals surface area contributed by atoms with Gasteiger partial charge in [0.05, 0.1) is 10.4 Å². The molecule has 24 heavy (non-hydrogen) atoms. The average Bonchev–Trinajstić information content (AvgIpc) is 2.59. The molecule has 0 spiro atoms. The van der Waals surface area contributed by atoms with Crippen molar-refractivity contribution in [2.24, 2.45) is 5.73 Å². The van der Waals surface area contributed by atoms with Gasteiger partial charge in [-0.15, -0.1) is 0 Å². The van der Waals surface area contributed by atoms with Gasteiger partial charge in [-0.25, -0.2) is 4.39 Å². The van der Waals surface area contributed by atoms with Crippen molar-refractivity contribution in [3.63, 3.8) is 0 Å². The highest BCUT2D eigenvalue weighted by Gasteiger charge is 2.42. The lowest BCUT2D eigenvalue weighted by Crippen LogP contribution is -2.51. The Morgan fingerprint density at radius 1 is 1.17 bits per heavy atom. The normalized spacial score (nSPS) is 20.9. The van der Waals surface area contributed by atoms with Crippen LogP contribution in [-0.2, 0) is 16.8 Å². The molecule has 0 bridgehead atoms. The summed E-state index contributed by atoms with van der Waals surface area (Å²) < 4.78 is 13.0. The van der Waals surface area contributed by atoms with Gasteiger partial charge in [0.15, 0.2) is 0 Å².